The summed E-state index contributed by atoms with van der Waals surface area (Å²) in [5.41, 5.74) is 5.37. The van der Waals surface area contributed by atoms with E-state index < -0.39 is 0 Å². The summed E-state index contributed by atoms with van der Waals surface area (Å²) in [5, 5.41) is 16.8. The smallest absolute Gasteiger partial charge is 0.165 e. The summed E-state index contributed by atoms with van der Waals surface area (Å²) in [5.74, 6) is 0.437. The SMILES string of the molecule is CC(O)CCCn1ncc(N)n1. The molecule has 1 rings (SSSR count). The number of hydrogen-bond donors (Lipinski definition) is 2. The minimum Gasteiger partial charge on any atom is -0.393 e. The number of hydrogen-bond acceptors (Lipinski definition) is 4. The quantitative estimate of drug-likeness (QED) is 0.668. The fourth-order valence-electron chi connectivity index (χ4n) is 0.947. The second kappa shape index (κ2) is 4.06. The molecule has 0 fully saturated rings. The van der Waals surface area contributed by atoms with E-state index in [2.05, 4.69) is 10.2 Å². The number of aromatic nitrogens is 3. The molecule has 1 aromatic rings. The molecular weight excluding hydrogens is 156 g/mol. The second-order valence-corrected chi connectivity index (χ2v) is 2.86. The van der Waals surface area contributed by atoms with E-state index in [4.69, 9.17) is 10.8 Å². The molecule has 1 aromatic heterocycles. The average molecular weight is 170 g/mol. The van der Waals surface area contributed by atoms with E-state index in [1.807, 2.05) is 0 Å². The fraction of sp³-hybridized carbons (Fsp3) is 0.714. The molecule has 1 unspecified atom stereocenters. The van der Waals surface area contributed by atoms with Gasteiger partial charge in [-0.1, -0.05) is 0 Å². The molecule has 0 aliphatic carbocycles. The van der Waals surface area contributed by atoms with Gasteiger partial charge >= 0.3 is 0 Å². The first-order valence-corrected chi connectivity index (χ1v) is 4.02. The zero-order valence-electron chi connectivity index (χ0n) is 7.14. The lowest BCUT2D eigenvalue weighted by molar-refractivity contribution is 0.178. The van der Waals surface area contributed by atoms with E-state index >= 15 is 0 Å². The largest absolute Gasteiger partial charge is 0.393 e. The molecule has 5 nitrogen and oxygen atoms in total. The summed E-state index contributed by atoms with van der Waals surface area (Å²) in [6.45, 7) is 2.48. The normalized spacial score (nSPS) is 13.2. The van der Waals surface area contributed by atoms with Crippen molar-refractivity contribution in [1.29, 1.82) is 0 Å². The van der Waals surface area contributed by atoms with Crippen LogP contribution in [0.5, 0.6) is 0 Å². The Labute approximate surface area is 71.2 Å². The lowest BCUT2D eigenvalue weighted by Crippen LogP contribution is -2.06. The predicted molar refractivity (Wildman–Crippen MR) is 45.3 cm³/mol. The van der Waals surface area contributed by atoms with Gasteiger partial charge in [0.15, 0.2) is 5.82 Å². The summed E-state index contributed by atoms with van der Waals surface area (Å²) >= 11 is 0. The van der Waals surface area contributed by atoms with E-state index in [-0.39, 0.29) is 6.10 Å². The predicted octanol–water partition coefficient (Wildman–Crippen LogP) is 0.0213. The minimum atomic E-state index is -0.252. The van der Waals surface area contributed by atoms with Crippen LogP contribution in [0.25, 0.3) is 0 Å². The van der Waals surface area contributed by atoms with Gasteiger partial charge in [-0.25, -0.2) is 0 Å². The Morgan fingerprint density at radius 3 is 3.00 bits per heavy atom. The summed E-state index contributed by atoms with van der Waals surface area (Å²) in [6.07, 6.45) is 2.90. The molecule has 3 N–H and O–H groups in total. The van der Waals surface area contributed by atoms with Crippen molar-refractivity contribution in [1.82, 2.24) is 15.0 Å². The van der Waals surface area contributed by atoms with Crippen LogP contribution in [0.4, 0.5) is 5.82 Å². The molecule has 68 valence electrons. The number of anilines is 1. The number of nitrogens with two attached hydrogens (primary N) is 1. The molecule has 0 saturated carbocycles. The lowest BCUT2D eigenvalue weighted by Gasteiger charge is -2.02. The molecule has 0 amide bonds. The molecule has 12 heavy (non-hydrogen) atoms. The highest BCUT2D eigenvalue weighted by Crippen LogP contribution is 1.98. The van der Waals surface area contributed by atoms with E-state index in [1.165, 1.54) is 11.0 Å². The molecule has 0 aromatic carbocycles. The Hall–Kier alpha value is -1.10. The lowest BCUT2D eigenvalue weighted by atomic mass is 10.2. The van der Waals surface area contributed by atoms with Crippen LogP contribution >= 0.6 is 0 Å². The number of nitrogen functional groups attached to an aromatic ring is 1. The van der Waals surface area contributed by atoms with E-state index in [0.717, 1.165) is 12.8 Å². The maximum absolute atomic E-state index is 8.96. The van der Waals surface area contributed by atoms with Crippen LogP contribution in [-0.4, -0.2) is 26.2 Å². The van der Waals surface area contributed by atoms with Gasteiger partial charge in [-0.3, -0.25) is 0 Å². The van der Waals surface area contributed by atoms with Gasteiger partial charge in [-0.15, -0.1) is 5.10 Å². The molecule has 1 atom stereocenters. The zero-order valence-corrected chi connectivity index (χ0v) is 7.14. The first-order chi connectivity index (χ1) is 5.68. The van der Waals surface area contributed by atoms with Gasteiger partial charge in [0.25, 0.3) is 0 Å². The zero-order chi connectivity index (χ0) is 8.97. The van der Waals surface area contributed by atoms with Crippen LogP contribution in [0.1, 0.15) is 19.8 Å². The van der Waals surface area contributed by atoms with Crippen molar-refractivity contribution in [3.63, 3.8) is 0 Å². The molecule has 1 heterocycles. The Morgan fingerprint density at radius 1 is 1.75 bits per heavy atom. The topological polar surface area (TPSA) is 77.0 Å². The number of rotatable bonds is 4. The third kappa shape index (κ3) is 2.87. The van der Waals surface area contributed by atoms with Gasteiger partial charge < -0.3 is 10.8 Å². The summed E-state index contributed by atoms with van der Waals surface area (Å²) in [4.78, 5) is 1.54. The van der Waals surface area contributed by atoms with E-state index in [1.54, 1.807) is 6.92 Å². The van der Waals surface area contributed by atoms with Gasteiger partial charge in [0.2, 0.25) is 0 Å². The molecule has 0 aliphatic rings. The van der Waals surface area contributed by atoms with Gasteiger partial charge in [0, 0.05) is 0 Å². The first kappa shape index (κ1) is 8.99. The van der Waals surface area contributed by atoms with Crippen LogP contribution < -0.4 is 5.73 Å². The highest BCUT2D eigenvalue weighted by Gasteiger charge is 1.98. The van der Waals surface area contributed by atoms with Gasteiger partial charge in [0.1, 0.15) is 0 Å². The molecule has 0 spiro atoms. The maximum Gasteiger partial charge on any atom is 0.165 e. The number of aryl methyl sites for hydroxylation is 1. The van der Waals surface area contributed by atoms with Crippen molar-refractivity contribution in [2.24, 2.45) is 0 Å². The van der Waals surface area contributed by atoms with Crippen molar-refractivity contribution < 1.29 is 5.11 Å². The summed E-state index contributed by atoms with van der Waals surface area (Å²) in [7, 11) is 0. The van der Waals surface area contributed by atoms with Crippen molar-refractivity contribution in [3.8, 4) is 0 Å². The van der Waals surface area contributed by atoms with Crippen LogP contribution in [0.3, 0.4) is 0 Å². The van der Waals surface area contributed by atoms with Crippen LogP contribution in [-0.2, 0) is 6.54 Å². The first-order valence-electron chi connectivity index (χ1n) is 4.02. The van der Waals surface area contributed by atoms with E-state index in [0.29, 0.717) is 12.4 Å². The molecule has 0 aliphatic heterocycles. The molecular formula is C7H14N4O. The fourth-order valence-corrected chi connectivity index (χ4v) is 0.947. The monoisotopic (exact) mass is 170 g/mol. The summed E-state index contributed by atoms with van der Waals surface area (Å²) < 4.78 is 0. The standard InChI is InChI=1S/C7H14N4O/c1-6(12)3-2-4-11-9-5-7(8)10-11/h5-6,12H,2-4H2,1H3,(H2,8,10). The maximum atomic E-state index is 8.96. The highest BCUT2D eigenvalue weighted by molar-refractivity contribution is 5.19. The number of aliphatic hydroxyl groups excluding tert-OH is 1. The van der Waals surface area contributed by atoms with Crippen molar-refractivity contribution >= 4 is 5.82 Å². The third-order valence-electron chi connectivity index (χ3n) is 1.53. The average Bonchev–Trinajstić information content (AvgIpc) is 2.35. The van der Waals surface area contributed by atoms with Gasteiger partial charge in [-0.05, 0) is 19.8 Å². The minimum absolute atomic E-state index is 0.252. The Morgan fingerprint density at radius 2 is 2.50 bits per heavy atom. The van der Waals surface area contributed by atoms with Crippen molar-refractivity contribution in [2.45, 2.75) is 32.4 Å². The van der Waals surface area contributed by atoms with Crippen molar-refractivity contribution in [3.05, 3.63) is 6.20 Å². The highest BCUT2D eigenvalue weighted by atomic mass is 16.3. The van der Waals surface area contributed by atoms with Crippen LogP contribution in [0.15, 0.2) is 6.20 Å². The molecule has 0 saturated heterocycles. The number of aliphatic hydroxyl groups is 1. The Balaban J connectivity index is 2.24. The number of nitrogens with zero attached hydrogens (tertiary/aromatic N) is 3. The van der Waals surface area contributed by atoms with E-state index in [9.17, 15) is 0 Å². The summed E-state index contributed by atoms with van der Waals surface area (Å²) in [6, 6.07) is 0. The molecule has 5 heteroatoms. The van der Waals surface area contributed by atoms with Gasteiger partial charge in [-0.2, -0.15) is 9.90 Å². The van der Waals surface area contributed by atoms with Crippen LogP contribution in [0.2, 0.25) is 0 Å². The second-order valence-electron chi connectivity index (χ2n) is 2.86. The molecule has 0 radical (unpaired) electrons. The Kier molecular flexibility index (Phi) is 3.04. The Bertz CT molecular complexity index is 233. The van der Waals surface area contributed by atoms with Gasteiger partial charge in [0.05, 0.1) is 18.8 Å². The van der Waals surface area contributed by atoms with Crippen molar-refractivity contribution in [2.75, 3.05) is 5.73 Å². The van der Waals surface area contributed by atoms with Crippen LogP contribution in [0, 0.1) is 0 Å². The molecule has 0 bridgehead atoms. The third-order valence-corrected chi connectivity index (χ3v) is 1.53.